The van der Waals surface area contributed by atoms with Gasteiger partial charge in [-0.2, -0.15) is 0 Å². The van der Waals surface area contributed by atoms with E-state index in [1.165, 1.54) is 19.9 Å². The Labute approximate surface area is 293 Å². The van der Waals surface area contributed by atoms with Crippen LogP contribution in [0.1, 0.15) is 55.9 Å². The van der Waals surface area contributed by atoms with Crippen LogP contribution in [0.2, 0.25) is 0 Å². The quantitative estimate of drug-likeness (QED) is 0.179. The standard InChI is InChI=1S/C34H43N7O8S/c1-16(2)13-24-30(45)36-18(4)28(43)41-27(19(5)42)32(47)39-26(34(48)49)15-50-33-21(20-10-6-7-11-22(20)40-33)14-25(31(46)37-24)38-29(44)23-12-8-9-17(3)35-23/h6-12,16,18-19,24-27,40,42H,13-15H2,1-5H3,(H,36,45)(H,37,46)(H,38,44)(H,39,47)(H,41,43)(H,48,49)/t18-,19-,24+,25+,26+,27+/m1/s1. The third-order valence-electron chi connectivity index (χ3n) is 8.09. The van der Waals surface area contributed by atoms with E-state index in [2.05, 4.69) is 36.6 Å². The average Bonchev–Trinajstić information content (AvgIpc) is 3.40. The predicted molar refractivity (Wildman–Crippen MR) is 185 cm³/mol. The normalized spacial score (nSPS) is 23.4. The molecule has 0 spiro atoms. The molecule has 50 heavy (non-hydrogen) atoms. The van der Waals surface area contributed by atoms with Crippen LogP contribution in [0, 0.1) is 12.8 Å². The number of aromatic amines is 1. The van der Waals surface area contributed by atoms with E-state index < -0.39 is 71.8 Å². The molecule has 0 saturated heterocycles. The molecule has 1 aliphatic rings. The molecule has 0 unspecified atom stereocenters. The number of aryl methyl sites for hydroxylation is 1. The van der Waals surface area contributed by atoms with Gasteiger partial charge in [-0.05, 0) is 56.9 Å². The van der Waals surface area contributed by atoms with Crippen LogP contribution in [-0.2, 0) is 30.4 Å². The van der Waals surface area contributed by atoms with Gasteiger partial charge < -0.3 is 41.8 Å². The molecule has 6 atom stereocenters. The number of amides is 5. The van der Waals surface area contributed by atoms with E-state index in [4.69, 9.17) is 0 Å². The molecular weight excluding hydrogens is 666 g/mol. The predicted octanol–water partition coefficient (Wildman–Crippen LogP) is 0.789. The second kappa shape index (κ2) is 16.6. The zero-order valence-corrected chi connectivity index (χ0v) is 29.2. The number of benzene rings is 1. The van der Waals surface area contributed by atoms with Gasteiger partial charge in [0.15, 0.2) is 0 Å². The first-order valence-corrected chi connectivity index (χ1v) is 17.2. The van der Waals surface area contributed by atoms with E-state index in [1.807, 2.05) is 19.9 Å². The summed E-state index contributed by atoms with van der Waals surface area (Å²) in [5, 5.41) is 34.4. The number of nitrogens with one attached hydrogen (secondary N) is 6. The Hall–Kier alpha value is -4.96. The molecule has 5 amide bonds. The first-order chi connectivity index (χ1) is 23.6. The maximum Gasteiger partial charge on any atom is 0.327 e. The largest absolute Gasteiger partial charge is 0.480 e. The summed E-state index contributed by atoms with van der Waals surface area (Å²) in [6.07, 6.45) is -1.29. The highest BCUT2D eigenvalue weighted by Crippen LogP contribution is 2.31. The number of aliphatic hydroxyl groups excluding tert-OH is 1. The van der Waals surface area contributed by atoms with Crippen LogP contribution < -0.4 is 26.6 Å². The molecule has 1 aliphatic heterocycles. The summed E-state index contributed by atoms with van der Waals surface area (Å²) in [4.78, 5) is 87.3. The Morgan fingerprint density at radius 2 is 1.66 bits per heavy atom. The van der Waals surface area contributed by atoms with Crippen molar-refractivity contribution in [2.24, 2.45) is 5.92 Å². The Balaban J connectivity index is 1.81. The average molecular weight is 710 g/mol. The van der Waals surface area contributed by atoms with Gasteiger partial charge in [0, 0.05) is 28.8 Å². The summed E-state index contributed by atoms with van der Waals surface area (Å²) in [5.74, 6) is -5.35. The van der Waals surface area contributed by atoms with E-state index in [-0.39, 0.29) is 30.2 Å². The second-order valence-electron chi connectivity index (χ2n) is 12.7. The molecule has 1 aromatic carbocycles. The fraction of sp³-hybridized carbons (Fsp3) is 0.441. The third kappa shape index (κ3) is 9.59. The summed E-state index contributed by atoms with van der Waals surface area (Å²) in [6.45, 7) is 8.07. The van der Waals surface area contributed by atoms with Crippen LogP contribution in [-0.4, -0.2) is 97.8 Å². The van der Waals surface area contributed by atoms with Gasteiger partial charge in [0.1, 0.15) is 35.9 Å². The Morgan fingerprint density at radius 1 is 0.940 bits per heavy atom. The maximum absolute atomic E-state index is 14.1. The number of fused-ring (bicyclic) bond motifs is 3. The SMILES string of the molecule is Cc1cccc(C(=O)N[C@H]2Cc3c([nH]c4ccccc34)SC[C@@H](C(=O)O)NC(=O)[C@H]([C@@H](C)O)NC(=O)[C@@H](C)NC(=O)[C@H](CC(C)C)NC2=O)n1. The highest BCUT2D eigenvalue weighted by Gasteiger charge is 2.34. The number of carbonyl (C=O) groups excluding carboxylic acids is 5. The number of aliphatic carboxylic acids is 1. The van der Waals surface area contributed by atoms with E-state index in [0.29, 0.717) is 27.2 Å². The monoisotopic (exact) mass is 709 g/mol. The van der Waals surface area contributed by atoms with E-state index in [0.717, 1.165) is 11.8 Å². The van der Waals surface area contributed by atoms with Crippen molar-refractivity contribution in [1.29, 1.82) is 0 Å². The van der Waals surface area contributed by atoms with Crippen molar-refractivity contribution in [3.8, 4) is 0 Å². The lowest BCUT2D eigenvalue weighted by molar-refractivity contribution is -0.142. The summed E-state index contributed by atoms with van der Waals surface area (Å²) in [5.41, 5.74) is 1.94. The minimum absolute atomic E-state index is 0.0697. The molecular formula is C34H43N7O8S. The van der Waals surface area contributed by atoms with Crippen molar-refractivity contribution >= 4 is 58.2 Å². The number of aromatic nitrogens is 2. The lowest BCUT2D eigenvalue weighted by atomic mass is 10.0. The van der Waals surface area contributed by atoms with E-state index in [9.17, 15) is 39.0 Å². The van der Waals surface area contributed by atoms with Crippen molar-refractivity contribution in [2.75, 3.05) is 5.75 Å². The maximum atomic E-state index is 14.1. The fourth-order valence-corrected chi connectivity index (χ4v) is 6.57. The molecule has 0 saturated carbocycles. The number of para-hydroxylation sites is 1. The van der Waals surface area contributed by atoms with Crippen molar-refractivity contribution < 1.29 is 39.0 Å². The van der Waals surface area contributed by atoms with Gasteiger partial charge in [-0.15, -0.1) is 11.8 Å². The fourth-order valence-electron chi connectivity index (χ4n) is 5.46. The van der Waals surface area contributed by atoms with Crippen molar-refractivity contribution in [2.45, 2.75) is 88.8 Å². The highest BCUT2D eigenvalue weighted by atomic mass is 32.2. The van der Waals surface area contributed by atoms with Crippen molar-refractivity contribution in [1.82, 2.24) is 36.6 Å². The molecule has 0 aliphatic carbocycles. The van der Waals surface area contributed by atoms with Crippen molar-refractivity contribution in [3.63, 3.8) is 0 Å². The number of aliphatic hydroxyl groups is 1. The topological polar surface area (TPSA) is 232 Å². The molecule has 0 bridgehead atoms. The summed E-state index contributed by atoms with van der Waals surface area (Å²) in [7, 11) is 0. The van der Waals surface area contributed by atoms with Crippen LogP contribution >= 0.6 is 11.8 Å². The van der Waals surface area contributed by atoms with Gasteiger partial charge in [0.25, 0.3) is 5.91 Å². The molecule has 2 aromatic heterocycles. The molecule has 15 nitrogen and oxygen atoms in total. The number of carbonyl (C=O) groups is 6. The van der Waals surface area contributed by atoms with E-state index in [1.54, 1.807) is 37.3 Å². The summed E-state index contributed by atoms with van der Waals surface area (Å²) >= 11 is 1.07. The number of nitrogens with zero attached hydrogens (tertiary/aromatic N) is 1. The lowest BCUT2D eigenvalue weighted by Crippen LogP contribution is -2.60. The van der Waals surface area contributed by atoms with E-state index >= 15 is 0 Å². The molecule has 3 aromatic rings. The number of H-pyrrole nitrogens is 1. The van der Waals surface area contributed by atoms with Crippen LogP contribution in [0.5, 0.6) is 0 Å². The number of carboxylic acids is 1. The molecule has 16 heteroatoms. The zero-order valence-electron chi connectivity index (χ0n) is 28.4. The summed E-state index contributed by atoms with van der Waals surface area (Å²) in [6, 6.07) is 5.57. The van der Waals surface area contributed by atoms with Gasteiger partial charge in [0.05, 0.1) is 11.1 Å². The Kier molecular flexibility index (Phi) is 12.6. The molecule has 0 radical (unpaired) electrons. The van der Waals surface area contributed by atoms with Gasteiger partial charge in [0.2, 0.25) is 23.6 Å². The molecule has 268 valence electrons. The first-order valence-electron chi connectivity index (χ1n) is 16.2. The minimum Gasteiger partial charge on any atom is -0.480 e. The minimum atomic E-state index is -1.53. The lowest BCUT2D eigenvalue weighted by Gasteiger charge is -2.27. The van der Waals surface area contributed by atoms with Gasteiger partial charge in [-0.3, -0.25) is 24.0 Å². The highest BCUT2D eigenvalue weighted by molar-refractivity contribution is 7.99. The molecule has 0 fully saturated rings. The van der Waals surface area contributed by atoms with Gasteiger partial charge in [-0.25, -0.2) is 9.78 Å². The van der Waals surface area contributed by atoms with Crippen LogP contribution in [0.4, 0.5) is 0 Å². The van der Waals surface area contributed by atoms with Crippen LogP contribution in [0.15, 0.2) is 47.5 Å². The molecule has 3 heterocycles. The second-order valence-corrected chi connectivity index (χ2v) is 13.8. The van der Waals surface area contributed by atoms with Crippen molar-refractivity contribution in [3.05, 3.63) is 59.4 Å². The zero-order chi connectivity index (χ0) is 36.7. The number of hydrogen-bond acceptors (Lipinski definition) is 9. The van der Waals surface area contributed by atoms with Gasteiger partial charge in [-0.1, -0.05) is 38.1 Å². The Bertz CT molecular complexity index is 1760. The number of pyridine rings is 1. The number of carboxylic acid groups (broad SMARTS) is 1. The smallest absolute Gasteiger partial charge is 0.327 e. The first kappa shape index (κ1) is 37.9. The number of rotatable bonds is 6. The number of thioether (sulfide) groups is 1. The molecule has 8 N–H and O–H groups in total. The Morgan fingerprint density at radius 3 is 2.32 bits per heavy atom. The number of hydrogen-bond donors (Lipinski definition) is 8. The van der Waals surface area contributed by atoms with Gasteiger partial charge >= 0.3 is 5.97 Å². The summed E-state index contributed by atoms with van der Waals surface area (Å²) < 4.78 is 0. The molecule has 4 rings (SSSR count). The third-order valence-corrected chi connectivity index (χ3v) is 9.23. The van der Waals surface area contributed by atoms with Crippen LogP contribution in [0.25, 0.3) is 10.9 Å². The van der Waals surface area contributed by atoms with Crippen LogP contribution in [0.3, 0.4) is 0 Å².